The Balaban J connectivity index is 1.67. The van der Waals surface area contributed by atoms with Crippen LogP contribution in [0.3, 0.4) is 0 Å². The molecule has 1 saturated heterocycles. The first kappa shape index (κ1) is 14.0. The number of rotatable bonds is 4. The van der Waals surface area contributed by atoms with Crippen LogP contribution in [-0.4, -0.2) is 35.0 Å². The third-order valence-corrected chi connectivity index (χ3v) is 5.49. The molecular formula is C14H20N4S2. The minimum Gasteiger partial charge on any atom is -0.365 e. The lowest BCUT2D eigenvalue weighted by Gasteiger charge is -2.29. The lowest BCUT2D eigenvalue weighted by Crippen LogP contribution is -2.33. The van der Waals surface area contributed by atoms with E-state index >= 15 is 0 Å². The molecule has 1 N–H and O–H groups in total. The van der Waals surface area contributed by atoms with E-state index < -0.39 is 0 Å². The highest BCUT2D eigenvalue weighted by atomic mass is 32.1. The Morgan fingerprint density at radius 1 is 1.50 bits per heavy atom. The zero-order valence-corrected chi connectivity index (χ0v) is 13.6. The lowest BCUT2D eigenvalue weighted by molar-refractivity contribution is 0.176. The molecule has 1 aliphatic rings. The third-order valence-electron chi connectivity index (χ3n) is 3.62. The van der Waals surface area contributed by atoms with Crippen molar-refractivity contribution in [1.82, 2.24) is 14.9 Å². The lowest BCUT2D eigenvalue weighted by atomic mass is 10.0. The number of anilines is 1. The van der Waals surface area contributed by atoms with Crippen molar-refractivity contribution >= 4 is 27.8 Å². The molecule has 1 atom stereocenters. The van der Waals surface area contributed by atoms with Crippen molar-refractivity contribution in [3.63, 3.8) is 0 Å². The molecule has 1 fully saturated rings. The number of thiazole rings is 2. The van der Waals surface area contributed by atoms with Crippen LogP contribution in [0, 0.1) is 5.92 Å². The minimum atomic E-state index is 0.819. The molecule has 4 nitrogen and oxygen atoms in total. The molecule has 0 saturated carbocycles. The van der Waals surface area contributed by atoms with E-state index in [1.54, 1.807) is 22.7 Å². The van der Waals surface area contributed by atoms with Crippen LogP contribution >= 0.6 is 22.7 Å². The molecule has 0 aromatic carbocycles. The van der Waals surface area contributed by atoms with Crippen molar-refractivity contribution in [2.24, 2.45) is 5.92 Å². The topological polar surface area (TPSA) is 41.1 Å². The Labute approximate surface area is 127 Å². The summed E-state index contributed by atoms with van der Waals surface area (Å²) in [4.78, 5) is 12.8. The van der Waals surface area contributed by atoms with Crippen LogP contribution in [0.5, 0.6) is 0 Å². The second-order valence-electron chi connectivity index (χ2n) is 5.39. The van der Waals surface area contributed by atoms with Gasteiger partial charge in [-0.2, -0.15) is 0 Å². The van der Waals surface area contributed by atoms with Crippen LogP contribution < -0.4 is 5.32 Å². The predicted octanol–water partition coefficient (Wildman–Crippen LogP) is 3.54. The smallest absolute Gasteiger partial charge is 0.182 e. The third kappa shape index (κ3) is 3.19. The molecule has 2 aromatic rings. The number of hydrogen-bond acceptors (Lipinski definition) is 6. The van der Waals surface area contributed by atoms with Gasteiger partial charge in [0.05, 0.1) is 17.1 Å². The van der Waals surface area contributed by atoms with Crippen LogP contribution in [0.4, 0.5) is 5.13 Å². The first-order valence-corrected chi connectivity index (χ1v) is 8.75. The Hall–Kier alpha value is -0.980. The summed E-state index contributed by atoms with van der Waals surface area (Å²) in [6.07, 6.45) is 4.64. The van der Waals surface area contributed by atoms with Gasteiger partial charge in [-0.05, 0) is 25.3 Å². The zero-order chi connectivity index (χ0) is 13.9. The molecule has 1 unspecified atom stereocenters. The van der Waals surface area contributed by atoms with Crippen molar-refractivity contribution in [3.05, 3.63) is 16.6 Å². The normalized spacial score (nSPS) is 20.2. The van der Waals surface area contributed by atoms with Gasteiger partial charge in [0.15, 0.2) is 5.13 Å². The summed E-state index contributed by atoms with van der Waals surface area (Å²) in [5.74, 6) is 0.819. The highest BCUT2D eigenvalue weighted by Crippen LogP contribution is 2.30. The van der Waals surface area contributed by atoms with Crippen molar-refractivity contribution in [3.8, 4) is 10.6 Å². The SMILES string of the molecule is CNc1nc(-c2cnc(CN3CCCC(C)C3)s2)cs1. The molecule has 6 heteroatoms. The molecule has 20 heavy (non-hydrogen) atoms. The quantitative estimate of drug-likeness (QED) is 0.938. The van der Waals surface area contributed by atoms with Gasteiger partial charge < -0.3 is 5.32 Å². The maximum Gasteiger partial charge on any atom is 0.182 e. The largest absolute Gasteiger partial charge is 0.365 e. The van der Waals surface area contributed by atoms with Gasteiger partial charge >= 0.3 is 0 Å². The number of aromatic nitrogens is 2. The highest BCUT2D eigenvalue weighted by molar-refractivity contribution is 7.16. The zero-order valence-electron chi connectivity index (χ0n) is 11.9. The fraction of sp³-hybridized carbons (Fsp3) is 0.571. The van der Waals surface area contributed by atoms with Gasteiger partial charge in [-0.15, -0.1) is 22.7 Å². The van der Waals surface area contributed by atoms with Gasteiger partial charge in [0.25, 0.3) is 0 Å². The Morgan fingerprint density at radius 3 is 3.15 bits per heavy atom. The summed E-state index contributed by atoms with van der Waals surface area (Å²) in [5.41, 5.74) is 1.04. The highest BCUT2D eigenvalue weighted by Gasteiger charge is 2.18. The van der Waals surface area contributed by atoms with Crippen LogP contribution in [0.15, 0.2) is 11.6 Å². The molecule has 3 rings (SSSR count). The summed E-state index contributed by atoms with van der Waals surface area (Å²) in [7, 11) is 1.90. The average Bonchev–Trinajstić information content (AvgIpc) is 3.07. The van der Waals surface area contributed by atoms with Gasteiger partial charge in [-0.3, -0.25) is 4.90 Å². The first-order chi connectivity index (χ1) is 9.74. The van der Waals surface area contributed by atoms with E-state index in [1.165, 1.54) is 35.8 Å². The predicted molar refractivity (Wildman–Crippen MR) is 86.4 cm³/mol. The van der Waals surface area contributed by atoms with Crippen molar-refractivity contribution < 1.29 is 0 Å². The van der Waals surface area contributed by atoms with Crippen LogP contribution in [0.1, 0.15) is 24.8 Å². The summed E-state index contributed by atoms with van der Waals surface area (Å²) >= 11 is 3.40. The maximum atomic E-state index is 4.57. The van der Waals surface area contributed by atoms with Gasteiger partial charge in [-0.1, -0.05) is 6.92 Å². The summed E-state index contributed by atoms with van der Waals surface area (Å²) in [5, 5.41) is 7.33. The molecule has 0 amide bonds. The minimum absolute atomic E-state index is 0.819. The van der Waals surface area contributed by atoms with E-state index in [0.29, 0.717) is 0 Å². The van der Waals surface area contributed by atoms with E-state index in [4.69, 9.17) is 0 Å². The van der Waals surface area contributed by atoms with Crippen LogP contribution in [0.25, 0.3) is 10.6 Å². The Bertz CT molecular complexity index is 563. The van der Waals surface area contributed by atoms with Gasteiger partial charge in [0, 0.05) is 25.2 Å². The van der Waals surface area contributed by atoms with Crippen LogP contribution in [0.2, 0.25) is 0 Å². The fourth-order valence-electron chi connectivity index (χ4n) is 2.63. The average molecular weight is 308 g/mol. The van der Waals surface area contributed by atoms with E-state index in [-0.39, 0.29) is 0 Å². The van der Waals surface area contributed by atoms with E-state index in [0.717, 1.165) is 23.3 Å². The second-order valence-corrected chi connectivity index (χ2v) is 7.36. The van der Waals surface area contributed by atoms with Crippen molar-refractivity contribution in [1.29, 1.82) is 0 Å². The first-order valence-electron chi connectivity index (χ1n) is 7.05. The Morgan fingerprint density at radius 2 is 2.40 bits per heavy atom. The molecule has 0 bridgehead atoms. The molecule has 0 spiro atoms. The monoisotopic (exact) mass is 308 g/mol. The van der Waals surface area contributed by atoms with E-state index in [9.17, 15) is 0 Å². The Kier molecular flexibility index (Phi) is 4.33. The number of piperidine rings is 1. The number of hydrogen-bond donors (Lipinski definition) is 1. The fourth-order valence-corrected chi connectivity index (χ4v) is 4.29. The van der Waals surface area contributed by atoms with E-state index in [1.807, 2.05) is 13.2 Å². The molecule has 0 radical (unpaired) electrons. The molecule has 108 valence electrons. The van der Waals surface area contributed by atoms with E-state index in [2.05, 4.69) is 32.5 Å². The molecule has 3 heterocycles. The molecule has 0 aliphatic carbocycles. The maximum absolute atomic E-state index is 4.57. The number of nitrogens with one attached hydrogen (secondary N) is 1. The molecule has 2 aromatic heterocycles. The number of likely N-dealkylation sites (tertiary alicyclic amines) is 1. The van der Waals surface area contributed by atoms with Crippen molar-refractivity contribution in [2.75, 3.05) is 25.5 Å². The van der Waals surface area contributed by atoms with Crippen LogP contribution in [-0.2, 0) is 6.54 Å². The van der Waals surface area contributed by atoms with Gasteiger partial charge in [0.1, 0.15) is 5.01 Å². The molecule has 1 aliphatic heterocycles. The van der Waals surface area contributed by atoms with Crippen molar-refractivity contribution in [2.45, 2.75) is 26.3 Å². The van der Waals surface area contributed by atoms with Gasteiger partial charge in [-0.25, -0.2) is 9.97 Å². The summed E-state index contributed by atoms with van der Waals surface area (Å²) in [6.45, 7) is 5.74. The summed E-state index contributed by atoms with van der Waals surface area (Å²) < 4.78 is 0. The summed E-state index contributed by atoms with van der Waals surface area (Å²) in [6, 6.07) is 0. The van der Waals surface area contributed by atoms with Gasteiger partial charge in [0.2, 0.25) is 0 Å². The molecular weight excluding hydrogens is 288 g/mol. The number of nitrogens with zero attached hydrogens (tertiary/aromatic N) is 3. The standard InChI is InChI=1S/C14H20N4S2/c1-10-4-3-5-18(7-10)8-13-16-6-12(20-13)11-9-19-14(15-2)17-11/h6,9-10H,3-5,7-8H2,1-2H3,(H,15,17). The second kappa shape index (κ2) is 6.20.